The van der Waals surface area contributed by atoms with Gasteiger partial charge in [-0.25, -0.2) is 0 Å². The van der Waals surface area contributed by atoms with Crippen LogP contribution in [0.1, 0.15) is 39.3 Å². The fourth-order valence-corrected chi connectivity index (χ4v) is 3.47. The second-order valence-corrected chi connectivity index (χ2v) is 7.40. The maximum atomic E-state index is 12.3. The van der Waals surface area contributed by atoms with E-state index in [-0.39, 0.29) is 5.91 Å². The third-order valence-electron chi connectivity index (χ3n) is 5.24. The number of aryl methyl sites for hydroxylation is 2. The molecule has 0 unspecified atom stereocenters. The number of hydrogen-bond acceptors (Lipinski definition) is 5. The van der Waals surface area contributed by atoms with E-state index in [0.717, 1.165) is 47.0 Å². The van der Waals surface area contributed by atoms with E-state index in [0.29, 0.717) is 19.6 Å². The first kappa shape index (κ1) is 19.2. The number of aromatic nitrogens is 1. The highest BCUT2D eigenvalue weighted by molar-refractivity contribution is 5.78. The number of hydrogen-bond donors (Lipinski definition) is 2. The molecule has 150 valence electrons. The zero-order valence-corrected chi connectivity index (χ0v) is 16.7. The van der Waals surface area contributed by atoms with Gasteiger partial charge in [-0.3, -0.25) is 4.79 Å². The summed E-state index contributed by atoms with van der Waals surface area (Å²) in [6.07, 6.45) is 0.344. The van der Waals surface area contributed by atoms with Crippen molar-refractivity contribution in [2.75, 3.05) is 0 Å². The number of amides is 1. The number of carbonyl (C=O) groups is 1. The van der Waals surface area contributed by atoms with E-state index >= 15 is 0 Å². The summed E-state index contributed by atoms with van der Waals surface area (Å²) >= 11 is 0. The lowest BCUT2D eigenvalue weighted by atomic mass is 10.1. The molecular formula is C23H25N3O3. The highest BCUT2D eigenvalue weighted by Crippen LogP contribution is 2.19. The minimum Gasteiger partial charge on any atom is -0.489 e. The molecule has 29 heavy (non-hydrogen) atoms. The topological polar surface area (TPSA) is 76.4 Å². The van der Waals surface area contributed by atoms with Crippen LogP contribution in [0.4, 0.5) is 0 Å². The fraction of sp³-hybridized carbons (Fsp3) is 0.304. The van der Waals surface area contributed by atoms with Crippen LogP contribution in [-0.4, -0.2) is 11.1 Å². The van der Waals surface area contributed by atoms with Crippen molar-refractivity contribution in [3.8, 4) is 5.75 Å². The molecule has 0 aliphatic carbocycles. The summed E-state index contributed by atoms with van der Waals surface area (Å²) in [7, 11) is 0. The Morgan fingerprint density at radius 2 is 1.86 bits per heavy atom. The van der Waals surface area contributed by atoms with Gasteiger partial charge in [-0.15, -0.1) is 0 Å². The minimum absolute atomic E-state index is 0.00742. The van der Waals surface area contributed by atoms with Crippen molar-refractivity contribution in [1.82, 2.24) is 15.8 Å². The molecule has 4 rings (SSSR count). The van der Waals surface area contributed by atoms with Gasteiger partial charge >= 0.3 is 0 Å². The Kier molecular flexibility index (Phi) is 5.62. The molecule has 2 aromatic carbocycles. The Labute approximate surface area is 170 Å². The highest BCUT2D eigenvalue weighted by atomic mass is 16.5. The summed E-state index contributed by atoms with van der Waals surface area (Å²) in [4.78, 5) is 12.3. The van der Waals surface area contributed by atoms with Crippen molar-refractivity contribution >= 4 is 5.91 Å². The van der Waals surface area contributed by atoms with Gasteiger partial charge in [-0.1, -0.05) is 35.5 Å². The number of benzene rings is 2. The van der Waals surface area contributed by atoms with E-state index in [9.17, 15) is 4.79 Å². The Bertz CT molecular complexity index is 989. The van der Waals surface area contributed by atoms with Gasteiger partial charge in [-0.2, -0.15) is 0 Å². The molecule has 2 heterocycles. The molecule has 1 aromatic heterocycles. The summed E-state index contributed by atoms with van der Waals surface area (Å²) in [5, 5.41) is 10.3. The molecule has 1 aliphatic heterocycles. The maximum Gasteiger partial charge on any atom is 0.224 e. The summed E-state index contributed by atoms with van der Waals surface area (Å²) in [6.45, 7) is 6.57. The Morgan fingerprint density at radius 3 is 2.62 bits per heavy atom. The Balaban J connectivity index is 1.26. The molecule has 0 bridgehead atoms. The Morgan fingerprint density at radius 1 is 1.10 bits per heavy atom. The van der Waals surface area contributed by atoms with E-state index in [1.165, 1.54) is 11.1 Å². The molecular weight excluding hydrogens is 366 g/mol. The summed E-state index contributed by atoms with van der Waals surface area (Å²) in [6, 6.07) is 14.0. The van der Waals surface area contributed by atoms with Crippen LogP contribution >= 0.6 is 0 Å². The number of carbonyl (C=O) groups excluding carboxylic acids is 1. The minimum atomic E-state index is 0.00742. The van der Waals surface area contributed by atoms with E-state index in [4.69, 9.17) is 9.26 Å². The van der Waals surface area contributed by atoms with E-state index in [2.05, 4.69) is 34.0 Å². The Hall–Kier alpha value is -3.12. The molecule has 6 nitrogen and oxygen atoms in total. The van der Waals surface area contributed by atoms with E-state index in [1.54, 1.807) is 0 Å². The lowest BCUT2D eigenvalue weighted by Crippen LogP contribution is -2.24. The molecule has 0 saturated carbocycles. The molecule has 0 radical (unpaired) electrons. The first-order valence-electron chi connectivity index (χ1n) is 9.80. The standard InChI is InChI=1S/C23H25N3O3/c1-15-22(16(2)29-26-15)14-28-21-7-4-17(5-8-21)10-23(27)25-11-18-3-6-19-12-24-13-20(19)9-18/h3-9,24H,10-14H2,1-2H3,(H,25,27). The van der Waals surface area contributed by atoms with Crippen LogP contribution in [0.25, 0.3) is 0 Å². The SMILES string of the molecule is Cc1noc(C)c1COc1ccc(CC(=O)NCc2ccc3c(c2)CNC3)cc1. The molecule has 0 fully saturated rings. The quantitative estimate of drug-likeness (QED) is 0.646. The van der Waals surface area contributed by atoms with Crippen LogP contribution in [-0.2, 0) is 37.5 Å². The number of nitrogens with one attached hydrogen (secondary N) is 2. The van der Waals surface area contributed by atoms with Crippen LogP contribution < -0.4 is 15.4 Å². The average Bonchev–Trinajstić information content (AvgIpc) is 3.32. The smallest absolute Gasteiger partial charge is 0.224 e. The monoisotopic (exact) mass is 391 g/mol. The van der Waals surface area contributed by atoms with Gasteiger partial charge < -0.3 is 19.9 Å². The summed E-state index contributed by atoms with van der Waals surface area (Å²) in [5.74, 6) is 1.53. The lowest BCUT2D eigenvalue weighted by Gasteiger charge is -2.09. The van der Waals surface area contributed by atoms with Gasteiger partial charge in [0.05, 0.1) is 17.7 Å². The van der Waals surface area contributed by atoms with Crippen molar-refractivity contribution in [1.29, 1.82) is 0 Å². The van der Waals surface area contributed by atoms with Gasteiger partial charge in [-0.05, 0) is 48.2 Å². The first-order valence-corrected chi connectivity index (χ1v) is 9.80. The van der Waals surface area contributed by atoms with Crippen molar-refractivity contribution in [3.05, 3.63) is 81.7 Å². The van der Waals surface area contributed by atoms with E-state index in [1.807, 2.05) is 38.1 Å². The van der Waals surface area contributed by atoms with Crippen LogP contribution in [0.5, 0.6) is 5.75 Å². The number of rotatable bonds is 7. The molecule has 0 saturated heterocycles. The van der Waals surface area contributed by atoms with Gasteiger partial charge in [0.1, 0.15) is 18.1 Å². The normalized spacial score (nSPS) is 12.6. The molecule has 0 atom stereocenters. The average molecular weight is 391 g/mol. The number of nitrogens with zero attached hydrogens (tertiary/aromatic N) is 1. The molecule has 1 aliphatic rings. The second-order valence-electron chi connectivity index (χ2n) is 7.40. The van der Waals surface area contributed by atoms with Crippen molar-refractivity contribution < 1.29 is 14.1 Å². The summed E-state index contributed by atoms with van der Waals surface area (Å²) in [5.41, 5.74) is 6.56. The third-order valence-corrected chi connectivity index (χ3v) is 5.24. The van der Waals surface area contributed by atoms with Gasteiger partial charge in [0, 0.05) is 19.6 Å². The van der Waals surface area contributed by atoms with Crippen LogP contribution in [0.2, 0.25) is 0 Å². The largest absolute Gasteiger partial charge is 0.489 e. The molecule has 0 spiro atoms. The van der Waals surface area contributed by atoms with Crippen LogP contribution in [0.3, 0.4) is 0 Å². The number of fused-ring (bicyclic) bond motifs is 1. The number of ether oxygens (including phenoxy) is 1. The maximum absolute atomic E-state index is 12.3. The first-order chi connectivity index (χ1) is 14.1. The van der Waals surface area contributed by atoms with Crippen molar-refractivity contribution in [2.45, 2.75) is 46.5 Å². The molecule has 3 aromatic rings. The van der Waals surface area contributed by atoms with Crippen molar-refractivity contribution in [2.24, 2.45) is 0 Å². The van der Waals surface area contributed by atoms with Crippen LogP contribution in [0, 0.1) is 13.8 Å². The van der Waals surface area contributed by atoms with Gasteiger partial charge in [0.25, 0.3) is 0 Å². The summed E-state index contributed by atoms with van der Waals surface area (Å²) < 4.78 is 11.0. The van der Waals surface area contributed by atoms with E-state index < -0.39 is 0 Å². The highest BCUT2D eigenvalue weighted by Gasteiger charge is 2.11. The fourth-order valence-electron chi connectivity index (χ4n) is 3.47. The van der Waals surface area contributed by atoms with Crippen LogP contribution in [0.15, 0.2) is 47.0 Å². The predicted molar refractivity (Wildman–Crippen MR) is 109 cm³/mol. The van der Waals surface area contributed by atoms with Gasteiger partial charge in [0.2, 0.25) is 5.91 Å². The van der Waals surface area contributed by atoms with Gasteiger partial charge in [0.15, 0.2) is 0 Å². The predicted octanol–water partition coefficient (Wildman–Crippen LogP) is 3.33. The molecule has 2 N–H and O–H groups in total. The van der Waals surface area contributed by atoms with Crippen molar-refractivity contribution in [3.63, 3.8) is 0 Å². The molecule has 1 amide bonds. The second kappa shape index (κ2) is 8.49. The zero-order valence-electron chi connectivity index (χ0n) is 16.7. The third kappa shape index (κ3) is 4.66. The molecule has 6 heteroatoms. The lowest BCUT2D eigenvalue weighted by molar-refractivity contribution is -0.120. The zero-order chi connectivity index (χ0) is 20.2.